The van der Waals surface area contributed by atoms with Gasteiger partial charge in [-0.1, -0.05) is 0 Å². The molecule has 2 heterocycles. The summed E-state index contributed by atoms with van der Waals surface area (Å²) in [6.45, 7) is 9.60. The second-order valence-corrected chi connectivity index (χ2v) is 6.09. The summed E-state index contributed by atoms with van der Waals surface area (Å²) < 4.78 is 7.18. The lowest BCUT2D eigenvalue weighted by Gasteiger charge is -2.36. The van der Waals surface area contributed by atoms with Crippen molar-refractivity contribution in [2.24, 2.45) is 0 Å². The molecule has 1 saturated heterocycles. The summed E-state index contributed by atoms with van der Waals surface area (Å²) in [5.41, 5.74) is 0.884. The molecular weight excluding hydrogens is 288 g/mol. The summed E-state index contributed by atoms with van der Waals surface area (Å²) in [5.74, 6) is 0. The van der Waals surface area contributed by atoms with Gasteiger partial charge in [0.1, 0.15) is 11.4 Å². The van der Waals surface area contributed by atoms with E-state index in [1.54, 1.807) is 13.8 Å². The van der Waals surface area contributed by atoms with Gasteiger partial charge in [-0.3, -0.25) is 19.7 Å². The van der Waals surface area contributed by atoms with E-state index in [2.05, 4.69) is 10.00 Å². The lowest BCUT2D eigenvalue weighted by atomic mass is 10.2. The summed E-state index contributed by atoms with van der Waals surface area (Å²) in [7, 11) is 0. The summed E-state index contributed by atoms with van der Waals surface area (Å²) in [6.07, 6.45) is -0.341. The van der Waals surface area contributed by atoms with E-state index in [1.165, 1.54) is 4.68 Å². The monoisotopic (exact) mass is 312 g/mol. The number of hydrogen-bond acceptors (Lipinski definition) is 6. The summed E-state index contributed by atoms with van der Waals surface area (Å²) in [5, 5.41) is 25.4. The predicted molar refractivity (Wildman–Crippen MR) is 80.8 cm³/mol. The van der Waals surface area contributed by atoms with Crippen molar-refractivity contribution in [2.45, 2.75) is 52.6 Å². The van der Waals surface area contributed by atoms with E-state index in [1.807, 2.05) is 13.8 Å². The Balaban J connectivity index is 1.99. The van der Waals surface area contributed by atoms with E-state index < -0.39 is 11.0 Å². The van der Waals surface area contributed by atoms with Crippen molar-refractivity contribution in [3.05, 3.63) is 21.5 Å². The molecule has 0 radical (unpaired) electrons. The number of nitro groups is 1. The molecule has 3 atom stereocenters. The van der Waals surface area contributed by atoms with Gasteiger partial charge in [0.25, 0.3) is 0 Å². The Hall–Kier alpha value is -1.51. The largest absolute Gasteiger partial charge is 0.390 e. The second-order valence-electron chi connectivity index (χ2n) is 6.09. The third kappa shape index (κ3) is 3.82. The highest BCUT2D eigenvalue weighted by Crippen LogP contribution is 2.22. The highest BCUT2D eigenvalue weighted by atomic mass is 16.6. The average molecular weight is 312 g/mol. The van der Waals surface area contributed by atoms with Crippen LogP contribution in [0.4, 0.5) is 5.69 Å². The van der Waals surface area contributed by atoms with Crippen LogP contribution in [0.1, 0.15) is 25.2 Å². The van der Waals surface area contributed by atoms with Gasteiger partial charge in [-0.05, 0) is 27.7 Å². The van der Waals surface area contributed by atoms with Gasteiger partial charge in [-0.25, -0.2) is 0 Å². The number of aliphatic hydroxyl groups excluding tert-OH is 1. The number of aryl methyl sites for hydroxylation is 1. The molecule has 1 aromatic rings. The summed E-state index contributed by atoms with van der Waals surface area (Å²) in [6, 6.07) is 0. The van der Waals surface area contributed by atoms with Crippen LogP contribution in [0, 0.1) is 24.0 Å². The standard InChI is InChI=1S/C14H24N4O4/c1-9-5-16(6-10(2)22-9)7-13(19)8-17-12(4)14(18(20)21)11(3)15-17/h9-10,13,19H,5-8H2,1-4H3/t9-,10-,13-/m1/s1. The van der Waals surface area contributed by atoms with Crippen molar-refractivity contribution in [2.75, 3.05) is 19.6 Å². The van der Waals surface area contributed by atoms with E-state index in [0.29, 0.717) is 17.9 Å². The lowest BCUT2D eigenvalue weighted by Crippen LogP contribution is -2.48. The molecule has 1 aliphatic heterocycles. The molecule has 124 valence electrons. The van der Waals surface area contributed by atoms with Crippen LogP contribution in [-0.4, -0.2) is 62.7 Å². The molecule has 8 nitrogen and oxygen atoms in total. The van der Waals surface area contributed by atoms with E-state index >= 15 is 0 Å². The van der Waals surface area contributed by atoms with Gasteiger partial charge < -0.3 is 9.84 Å². The number of aliphatic hydroxyl groups is 1. The van der Waals surface area contributed by atoms with Gasteiger partial charge in [0.15, 0.2) is 0 Å². The fourth-order valence-electron chi connectivity index (χ4n) is 3.12. The molecule has 0 amide bonds. The maximum absolute atomic E-state index is 11.0. The van der Waals surface area contributed by atoms with Crippen LogP contribution in [0.25, 0.3) is 0 Å². The number of β-amino-alcohol motifs (C(OH)–C–C–N with tert-alkyl or cyclic N) is 1. The number of hydrogen-bond donors (Lipinski definition) is 1. The molecule has 0 bridgehead atoms. The van der Waals surface area contributed by atoms with Gasteiger partial charge in [0, 0.05) is 19.6 Å². The van der Waals surface area contributed by atoms with E-state index in [-0.39, 0.29) is 24.4 Å². The van der Waals surface area contributed by atoms with Crippen molar-refractivity contribution in [1.82, 2.24) is 14.7 Å². The molecule has 0 aromatic carbocycles. The van der Waals surface area contributed by atoms with Crippen LogP contribution < -0.4 is 0 Å². The minimum absolute atomic E-state index is 0.0285. The number of ether oxygens (including phenoxy) is 1. The van der Waals surface area contributed by atoms with Crippen molar-refractivity contribution in [3.8, 4) is 0 Å². The van der Waals surface area contributed by atoms with E-state index in [9.17, 15) is 15.2 Å². The van der Waals surface area contributed by atoms with Crippen molar-refractivity contribution < 1.29 is 14.8 Å². The smallest absolute Gasteiger partial charge is 0.312 e. The molecule has 0 aliphatic carbocycles. The highest BCUT2D eigenvalue weighted by molar-refractivity contribution is 5.39. The molecule has 0 unspecified atom stereocenters. The quantitative estimate of drug-likeness (QED) is 0.641. The molecule has 0 saturated carbocycles. The molecule has 1 aromatic heterocycles. The Morgan fingerprint density at radius 3 is 2.45 bits per heavy atom. The number of nitrogens with zero attached hydrogens (tertiary/aromatic N) is 4. The second kappa shape index (κ2) is 6.72. The molecule has 2 rings (SSSR count). The van der Waals surface area contributed by atoms with Crippen LogP contribution in [0.3, 0.4) is 0 Å². The fourth-order valence-corrected chi connectivity index (χ4v) is 3.12. The van der Waals surface area contributed by atoms with E-state index in [0.717, 1.165) is 13.1 Å². The van der Waals surface area contributed by atoms with Crippen LogP contribution in [0.15, 0.2) is 0 Å². The first kappa shape index (κ1) is 16.9. The Bertz CT molecular complexity index is 535. The van der Waals surface area contributed by atoms with Crippen LogP contribution >= 0.6 is 0 Å². The van der Waals surface area contributed by atoms with Gasteiger partial charge in [0.2, 0.25) is 0 Å². The van der Waals surface area contributed by atoms with E-state index in [4.69, 9.17) is 4.74 Å². The van der Waals surface area contributed by atoms with Crippen molar-refractivity contribution in [3.63, 3.8) is 0 Å². The maximum atomic E-state index is 11.0. The lowest BCUT2D eigenvalue weighted by molar-refractivity contribution is -0.386. The SMILES string of the molecule is Cc1nn(C[C@H](O)CN2C[C@@H](C)O[C@H](C)C2)c(C)c1[N+](=O)[O-]. The number of aromatic nitrogens is 2. The predicted octanol–water partition coefficient (Wildman–Crippen LogP) is 0.878. The number of rotatable bonds is 5. The first-order chi connectivity index (χ1) is 10.3. The first-order valence-electron chi connectivity index (χ1n) is 7.52. The Morgan fingerprint density at radius 1 is 1.36 bits per heavy atom. The van der Waals surface area contributed by atoms with Gasteiger partial charge >= 0.3 is 5.69 Å². The van der Waals surface area contributed by atoms with Crippen LogP contribution in [-0.2, 0) is 11.3 Å². The number of morpholine rings is 1. The molecular formula is C14H24N4O4. The minimum Gasteiger partial charge on any atom is -0.390 e. The summed E-state index contributed by atoms with van der Waals surface area (Å²) >= 11 is 0. The molecule has 0 spiro atoms. The van der Waals surface area contributed by atoms with Crippen molar-refractivity contribution in [1.29, 1.82) is 0 Å². The topological polar surface area (TPSA) is 93.7 Å². The normalized spacial score (nSPS) is 24.4. The van der Waals surface area contributed by atoms with Crippen LogP contribution in [0.2, 0.25) is 0 Å². The Morgan fingerprint density at radius 2 is 1.95 bits per heavy atom. The first-order valence-corrected chi connectivity index (χ1v) is 7.52. The zero-order valence-corrected chi connectivity index (χ0v) is 13.5. The Labute approximate surface area is 129 Å². The zero-order valence-electron chi connectivity index (χ0n) is 13.5. The molecule has 8 heteroatoms. The van der Waals surface area contributed by atoms with Gasteiger partial charge in [-0.2, -0.15) is 5.10 Å². The van der Waals surface area contributed by atoms with Crippen molar-refractivity contribution >= 4 is 5.69 Å². The maximum Gasteiger partial charge on any atom is 0.312 e. The molecule has 1 aliphatic rings. The van der Waals surface area contributed by atoms with Gasteiger partial charge in [0.05, 0.1) is 29.8 Å². The summed E-state index contributed by atoms with van der Waals surface area (Å²) in [4.78, 5) is 12.7. The van der Waals surface area contributed by atoms with Crippen LogP contribution in [0.5, 0.6) is 0 Å². The highest BCUT2D eigenvalue weighted by Gasteiger charge is 2.26. The molecule has 22 heavy (non-hydrogen) atoms. The Kier molecular flexibility index (Phi) is 5.15. The third-order valence-corrected chi connectivity index (χ3v) is 3.87. The zero-order chi connectivity index (χ0) is 16.4. The molecule has 1 fully saturated rings. The molecule has 1 N–H and O–H groups in total. The third-order valence-electron chi connectivity index (χ3n) is 3.87. The average Bonchev–Trinajstić information content (AvgIpc) is 2.62. The van der Waals surface area contributed by atoms with Gasteiger partial charge in [-0.15, -0.1) is 0 Å². The minimum atomic E-state index is -0.630. The fraction of sp³-hybridized carbons (Fsp3) is 0.786.